The van der Waals surface area contributed by atoms with Gasteiger partial charge in [0.25, 0.3) is 0 Å². The first-order chi connectivity index (χ1) is 13.6. The number of alkyl halides is 3. The molecule has 168 valence electrons. The summed E-state index contributed by atoms with van der Waals surface area (Å²) in [5, 5.41) is 5.10. The lowest BCUT2D eigenvalue weighted by molar-refractivity contribution is -0.115. The molecule has 0 spiro atoms. The highest BCUT2D eigenvalue weighted by Gasteiger charge is 2.45. The van der Waals surface area contributed by atoms with E-state index in [4.69, 9.17) is 4.74 Å². The second kappa shape index (κ2) is 10.9. The molecule has 1 aromatic carbocycles. The quantitative estimate of drug-likeness (QED) is 0.222. The summed E-state index contributed by atoms with van der Waals surface area (Å²) in [5.74, 6) is -1.87. The maximum absolute atomic E-state index is 12.5. The van der Waals surface area contributed by atoms with Crippen LogP contribution in [0.25, 0.3) is 0 Å². The largest absolute Gasteiger partial charge is 0.511 e. The number of carbonyl (C=O) groups excluding carboxylic acids is 3. The van der Waals surface area contributed by atoms with Crippen LogP contribution in [0.3, 0.4) is 0 Å². The Hall–Kier alpha value is -0.480. The minimum absolute atomic E-state index is 0.0530. The van der Waals surface area contributed by atoms with Crippen molar-refractivity contribution in [3.05, 3.63) is 16.3 Å². The highest BCUT2D eigenvalue weighted by molar-refractivity contribution is 14.1. The summed E-state index contributed by atoms with van der Waals surface area (Å²) in [4.78, 5) is 35.6. The van der Waals surface area contributed by atoms with Crippen LogP contribution in [0.1, 0.15) is 24.2 Å². The van der Waals surface area contributed by atoms with Crippen molar-refractivity contribution in [2.45, 2.75) is 19.4 Å². The maximum atomic E-state index is 12.5. The van der Waals surface area contributed by atoms with E-state index in [0.717, 1.165) is 0 Å². The van der Waals surface area contributed by atoms with E-state index in [2.05, 4.69) is 10.6 Å². The van der Waals surface area contributed by atoms with E-state index in [1.165, 1.54) is 18.6 Å². The number of hydrogen-bond donors (Lipinski definition) is 3. The predicted octanol–water partition coefficient (Wildman–Crippen LogP) is 3.01. The van der Waals surface area contributed by atoms with E-state index in [9.17, 15) is 36.0 Å². The predicted molar refractivity (Wildman–Crippen MR) is 126 cm³/mol. The number of esters is 1. The van der Waals surface area contributed by atoms with Crippen LogP contribution >= 0.6 is 67.8 Å². The molecule has 0 saturated carbocycles. The first-order valence-corrected chi connectivity index (χ1v) is 12.3. The number of anilines is 2. The Labute approximate surface area is 210 Å². The Bertz CT molecular complexity index is 942. The molecule has 0 heterocycles. The van der Waals surface area contributed by atoms with Gasteiger partial charge in [-0.1, -0.05) is 0 Å². The number of amides is 2. The van der Waals surface area contributed by atoms with Crippen LogP contribution in [-0.4, -0.2) is 44.9 Å². The lowest BCUT2D eigenvalue weighted by Crippen LogP contribution is -2.38. The van der Waals surface area contributed by atoms with Gasteiger partial charge in [-0.3, -0.25) is 9.59 Å². The van der Waals surface area contributed by atoms with Gasteiger partial charge in [-0.15, -0.1) is 0 Å². The molecule has 0 aliphatic rings. The second-order valence-electron chi connectivity index (χ2n) is 5.41. The number of rotatable bonds is 7. The molecular formula is C14H13F3I3N3O6S. The lowest BCUT2D eigenvalue weighted by Gasteiger charge is -2.19. The van der Waals surface area contributed by atoms with Gasteiger partial charge in [0.15, 0.2) is 0 Å². The average molecular weight is 789 g/mol. The topological polar surface area (TPSA) is 131 Å². The van der Waals surface area contributed by atoms with Crippen LogP contribution < -0.4 is 15.4 Å². The smallest absolute Gasteiger partial charge is 0.461 e. The van der Waals surface area contributed by atoms with Crippen LogP contribution in [0.15, 0.2) is 0 Å². The highest BCUT2D eigenvalue weighted by Crippen LogP contribution is 2.39. The zero-order chi connectivity index (χ0) is 23.4. The van der Waals surface area contributed by atoms with Crippen molar-refractivity contribution in [1.82, 2.24) is 4.72 Å². The third kappa shape index (κ3) is 7.02. The monoisotopic (exact) mass is 789 g/mol. The number of ether oxygens (including phenoxy) is 1. The maximum Gasteiger partial charge on any atom is 0.511 e. The Morgan fingerprint density at radius 3 is 1.73 bits per heavy atom. The van der Waals surface area contributed by atoms with Crippen LogP contribution in [0.2, 0.25) is 0 Å². The van der Waals surface area contributed by atoms with Crippen molar-refractivity contribution in [3.63, 3.8) is 0 Å². The molecule has 1 rings (SSSR count). The fraction of sp³-hybridized carbons (Fsp3) is 0.357. The summed E-state index contributed by atoms with van der Waals surface area (Å²) in [6, 6.07) is 0. The minimum Gasteiger partial charge on any atom is -0.461 e. The molecule has 0 fully saturated rings. The Morgan fingerprint density at radius 2 is 1.37 bits per heavy atom. The lowest BCUT2D eigenvalue weighted by atomic mass is 10.1. The van der Waals surface area contributed by atoms with E-state index in [1.807, 2.05) is 22.6 Å². The van der Waals surface area contributed by atoms with Crippen LogP contribution in [0.5, 0.6) is 0 Å². The van der Waals surface area contributed by atoms with Gasteiger partial charge in [-0.2, -0.15) is 13.2 Å². The molecule has 3 N–H and O–H groups in total. The number of carbonyl (C=O) groups is 3. The molecule has 16 heteroatoms. The summed E-state index contributed by atoms with van der Waals surface area (Å²) in [7, 11) is -5.56. The van der Waals surface area contributed by atoms with Crippen molar-refractivity contribution in [3.8, 4) is 0 Å². The molecule has 2 amide bonds. The molecule has 1 aromatic rings. The van der Waals surface area contributed by atoms with Crippen LogP contribution in [0.4, 0.5) is 24.5 Å². The van der Waals surface area contributed by atoms with Crippen molar-refractivity contribution in [2.24, 2.45) is 0 Å². The molecule has 0 radical (unpaired) electrons. The average Bonchev–Trinajstić information content (AvgIpc) is 2.58. The minimum atomic E-state index is -5.56. The molecule has 0 aliphatic carbocycles. The molecule has 0 unspecified atom stereocenters. The normalized spacial score (nSPS) is 11.7. The first-order valence-electron chi connectivity index (χ1n) is 7.58. The van der Waals surface area contributed by atoms with Gasteiger partial charge in [-0.25, -0.2) is 17.9 Å². The zero-order valence-corrected chi connectivity index (χ0v) is 22.3. The van der Waals surface area contributed by atoms with Crippen LogP contribution in [-0.2, 0) is 24.3 Å². The van der Waals surface area contributed by atoms with Gasteiger partial charge in [-0.05, 0) is 67.8 Å². The van der Waals surface area contributed by atoms with E-state index in [0.29, 0.717) is 3.57 Å². The van der Waals surface area contributed by atoms with E-state index < -0.39 is 46.5 Å². The van der Waals surface area contributed by atoms with Gasteiger partial charge in [0.05, 0.1) is 27.6 Å². The zero-order valence-electron chi connectivity index (χ0n) is 15.0. The summed E-state index contributed by atoms with van der Waals surface area (Å²) in [5.41, 5.74) is -5.07. The third-order valence-corrected chi connectivity index (χ3v) is 7.48. The Balaban J connectivity index is 3.18. The first kappa shape index (κ1) is 27.6. The van der Waals surface area contributed by atoms with Crippen molar-refractivity contribution < 1.29 is 40.7 Å². The number of benzene rings is 1. The standard InChI is InChI=1S/C14H13F3I3N3O6S/c1-5(24)22-11-8(18)7(9(19)12(10(11)20)23-6(2)25)13(26)29-4-3-21-30(27,28)14(15,16)17/h21H,3-4H2,1-2H3,(H,22,24)(H,23,25). The molecule has 0 saturated heterocycles. The number of halogens is 6. The molecule has 30 heavy (non-hydrogen) atoms. The number of sulfonamides is 1. The van der Waals surface area contributed by atoms with Gasteiger partial charge >= 0.3 is 21.5 Å². The fourth-order valence-corrected chi connectivity index (χ4v) is 6.55. The van der Waals surface area contributed by atoms with E-state index in [-0.39, 0.29) is 24.1 Å². The van der Waals surface area contributed by atoms with E-state index >= 15 is 0 Å². The summed E-state index contributed by atoms with van der Waals surface area (Å²) in [6.45, 7) is 0.999. The SMILES string of the molecule is CC(=O)Nc1c(I)c(NC(C)=O)c(I)c(C(=O)OCCNS(=O)(=O)C(F)(F)F)c1I. The van der Waals surface area contributed by atoms with Crippen molar-refractivity contribution in [2.75, 3.05) is 23.8 Å². The van der Waals surface area contributed by atoms with Gasteiger partial charge in [0, 0.05) is 20.4 Å². The molecule has 0 bridgehead atoms. The number of hydrogen-bond acceptors (Lipinski definition) is 6. The molecule has 0 aliphatic heterocycles. The van der Waals surface area contributed by atoms with Gasteiger partial charge < -0.3 is 15.4 Å². The molecule has 0 atom stereocenters. The summed E-state index contributed by atoms with van der Waals surface area (Å²) < 4.78 is 65.9. The Morgan fingerprint density at radius 1 is 0.933 bits per heavy atom. The molecule has 9 nitrogen and oxygen atoms in total. The second-order valence-corrected chi connectivity index (χ2v) is 10.4. The summed E-state index contributed by atoms with van der Waals surface area (Å²) in [6.07, 6.45) is 0. The van der Waals surface area contributed by atoms with Crippen molar-refractivity contribution >= 4 is 107 Å². The molecule has 0 aromatic heterocycles. The summed E-state index contributed by atoms with van der Waals surface area (Å²) >= 11 is 5.43. The van der Waals surface area contributed by atoms with Gasteiger partial charge in [0.1, 0.15) is 6.61 Å². The number of nitrogens with one attached hydrogen (secondary N) is 3. The van der Waals surface area contributed by atoms with Crippen LogP contribution in [0, 0.1) is 10.7 Å². The highest BCUT2D eigenvalue weighted by atomic mass is 127. The molecular weight excluding hydrogens is 776 g/mol. The van der Waals surface area contributed by atoms with Gasteiger partial charge in [0.2, 0.25) is 11.8 Å². The Kier molecular flexibility index (Phi) is 10.0. The third-order valence-electron chi connectivity index (χ3n) is 3.06. The van der Waals surface area contributed by atoms with Crippen molar-refractivity contribution in [1.29, 1.82) is 0 Å². The van der Waals surface area contributed by atoms with E-state index in [1.54, 1.807) is 45.2 Å². The fourth-order valence-electron chi connectivity index (χ4n) is 1.89.